The number of hydrazine groups is 1. The third-order valence-electron chi connectivity index (χ3n) is 2.67. The fourth-order valence-corrected chi connectivity index (χ4v) is 1.60. The van der Waals surface area contributed by atoms with Crippen LogP contribution >= 0.6 is 0 Å². The van der Waals surface area contributed by atoms with E-state index in [1.807, 2.05) is 0 Å². The predicted molar refractivity (Wildman–Crippen MR) is 73.9 cm³/mol. The molecule has 1 aliphatic rings. The van der Waals surface area contributed by atoms with Crippen molar-refractivity contribution in [3.8, 4) is 0 Å². The molecule has 0 bridgehead atoms. The van der Waals surface area contributed by atoms with Crippen molar-refractivity contribution in [2.75, 3.05) is 6.61 Å². The van der Waals surface area contributed by atoms with E-state index in [0.717, 1.165) is 0 Å². The maximum atomic E-state index is 11.7. The van der Waals surface area contributed by atoms with Gasteiger partial charge in [-0.15, -0.1) is 0 Å². The highest BCUT2D eigenvalue weighted by molar-refractivity contribution is 6.05. The molecule has 0 atom stereocenters. The first kappa shape index (κ1) is 15.2. The Hall–Kier alpha value is -3.16. The second-order valence-corrected chi connectivity index (χ2v) is 4.31. The summed E-state index contributed by atoms with van der Waals surface area (Å²) in [5.74, 6) is -2.42. The van der Waals surface area contributed by atoms with Crippen LogP contribution in [0.15, 0.2) is 42.1 Å². The van der Waals surface area contributed by atoms with Gasteiger partial charge in [0.2, 0.25) is 5.91 Å². The van der Waals surface area contributed by atoms with E-state index in [-0.39, 0.29) is 18.0 Å². The van der Waals surface area contributed by atoms with Gasteiger partial charge in [-0.25, -0.2) is 4.79 Å². The third-order valence-corrected chi connectivity index (χ3v) is 2.67. The molecule has 114 valence electrons. The number of rotatable bonds is 4. The number of hydrogen-bond donors (Lipinski definition) is 3. The average molecular weight is 303 g/mol. The molecule has 1 aromatic carbocycles. The van der Waals surface area contributed by atoms with Gasteiger partial charge < -0.3 is 4.74 Å². The van der Waals surface area contributed by atoms with Gasteiger partial charge in [0.05, 0.1) is 0 Å². The third kappa shape index (κ3) is 4.17. The minimum atomic E-state index is -0.803. The van der Waals surface area contributed by atoms with E-state index in [1.165, 1.54) is 6.08 Å². The van der Waals surface area contributed by atoms with Crippen LogP contribution in [-0.4, -0.2) is 30.3 Å². The van der Waals surface area contributed by atoms with Crippen molar-refractivity contribution in [3.05, 3.63) is 47.7 Å². The monoisotopic (exact) mass is 303 g/mol. The van der Waals surface area contributed by atoms with Crippen LogP contribution in [0.3, 0.4) is 0 Å². The van der Waals surface area contributed by atoms with Gasteiger partial charge in [-0.1, -0.05) is 18.2 Å². The molecule has 8 nitrogen and oxygen atoms in total. The molecule has 2 rings (SSSR count). The standard InChI is InChI=1S/C14H13N3O5/c18-11-7-6-10(16-17-11)14(21)22-8-12(19)15-13(20)9-4-2-1-3-5-9/h1-6,16H,7-8H2,(H,17,18)(H,15,19,20). The number of carbonyl (C=O) groups is 4. The summed E-state index contributed by atoms with van der Waals surface area (Å²) in [4.78, 5) is 45.7. The van der Waals surface area contributed by atoms with Crippen LogP contribution < -0.4 is 16.2 Å². The Morgan fingerprint density at radius 1 is 1.14 bits per heavy atom. The number of esters is 1. The van der Waals surface area contributed by atoms with Crippen LogP contribution in [-0.2, 0) is 19.1 Å². The molecule has 3 N–H and O–H groups in total. The number of carbonyl (C=O) groups excluding carboxylic acids is 4. The summed E-state index contributed by atoms with van der Waals surface area (Å²) >= 11 is 0. The Morgan fingerprint density at radius 2 is 1.86 bits per heavy atom. The summed E-state index contributed by atoms with van der Waals surface area (Å²) in [7, 11) is 0. The minimum absolute atomic E-state index is 0.0294. The lowest BCUT2D eigenvalue weighted by atomic mass is 10.2. The van der Waals surface area contributed by atoms with E-state index >= 15 is 0 Å². The molecule has 8 heteroatoms. The molecule has 0 unspecified atom stereocenters. The van der Waals surface area contributed by atoms with Crippen molar-refractivity contribution < 1.29 is 23.9 Å². The summed E-state index contributed by atoms with van der Waals surface area (Å²) in [6.45, 7) is -0.607. The number of benzene rings is 1. The maximum Gasteiger partial charge on any atom is 0.356 e. The zero-order valence-electron chi connectivity index (χ0n) is 11.4. The van der Waals surface area contributed by atoms with Gasteiger partial charge in [-0.2, -0.15) is 0 Å². The van der Waals surface area contributed by atoms with Crippen molar-refractivity contribution in [1.29, 1.82) is 0 Å². The average Bonchev–Trinajstić information content (AvgIpc) is 2.54. The Kier molecular flexibility index (Phi) is 4.86. The largest absolute Gasteiger partial charge is 0.451 e. The fraction of sp³-hybridized carbons (Fsp3) is 0.143. The summed E-state index contributed by atoms with van der Waals surface area (Å²) in [5, 5.41) is 2.10. The first-order valence-corrected chi connectivity index (χ1v) is 6.37. The number of nitrogens with one attached hydrogen (secondary N) is 3. The summed E-state index contributed by atoms with van der Waals surface area (Å²) in [6.07, 6.45) is 1.38. The molecular weight excluding hydrogens is 290 g/mol. The SMILES string of the molecule is O=C1CC=C(C(=O)OCC(=O)NC(=O)c2ccccc2)NN1. The van der Waals surface area contributed by atoms with Crippen molar-refractivity contribution in [2.45, 2.75) is 6.42 Å². The lowest BCUT2D eigenvalue weighted by Gasteiger charge is -2.15. The number of amides is 3. The van der Waals surface area contributed by atoms with Gasteiger partial charge in [0, 0.05) is 12.0 Å². The van der Waals surface area contributed by atoms with Gasteiger partial charge in [0.15, 0.2) is 6.61 Å². The molecule has 0 saturated carbocycles. The van der Waals surface area contributed by atoms with E-state index in [9.17, 15) is 19.2 Å². The highest BCUT2D eigenvalue weighted by atomic mass is 16.5. The lowest BCUT2D eigenvalue weighted by Crippen LogP contribution is -2.43. The van der Waals surface area contributed by atoms with Gasteiger partial charge in [0.1, 0.15) is 5.70 Å². The van der Waals surface area contributed by atoms with Crippen LogP contribution in [0.4, 0.5) is 0 Å². The lowest BCUT2D eigenvalue weighted by molar-refractivity contribution is -0.145. The number of imide groups is 1. The maximum absolute atomic E-state index is 11.7. The normalized spacial score (nSPS) is 13.3. The highest BCUT2D eigenvalue weighted by Gasteiger charge is 2.18. The molecule has 0 aliphatic carbocycles. The topological polar surface area (TPSA) is 114 Å². The van der Waals surface area contributed by atoms with Crippen LogP contribution in [0.25, 0.3) is 0 Å². The summed E-state index contributed by atoms with van der Waals surface area (Å²) < 4.78 is 4.73. The van der Waals surface area contributed by atoms with Crippen molar-refractivity contribution >= 4 is 23.7 Å². The molecule has 3 amide bonds. The van der Waals surface area contributed by atoms with Crippen LogP contribution in [0, 0.1) is 0 Å². The van der Waals surface area contributed by atoms with E-state index in [0.29, 0.717) is 5.56 Å². The Labute approximate surface area is 125 Å². The van der Waals surface area contributed by atoms with Gasteiger partial charge >= 0.3 is 5.97 Å². The second-order valence-electron chi connectivity index (χ2n) is 4.31. The summed E-state index contributed by atoms with van der Waals surface area (Å²) in [6, 6.07) is 8.16. The van der Waals surface area contributed by atoms with E-state index in [1.54, 1.807) is 30.3 Å². The quantitative estimate of drug-likeness (QED) is 0.640. The molecule has 0 spiro atoms. The molecule has 1 aromatic rings. The zero-order chi connectivity index (χ0) is 15.9. The molecule has 0 radical (unpaired) electrons. The molecular formula is C14H13N3O5. The highest BCUT2D eigenvalue weighted by Crippen LogP contribution is 2.01. The molecule has 0 aromatic heterocycles. The first-order chi connectivity index (χ1) is 10.6. The van der Waals surface area contributed by atoms with Crippen LogP contribution in [0.2, 0.25) is 0 Å². The Balaban J connectivity index is 1.79. The van der Waals surface area contributed by atoms with Crippen molar-refractivity contribution in [2.24, 2.45) is 0 Å². The van der Waals surface area contributed by atoms with Gasteiger partial charge in [-0.3, -0.25) is 30.6 Å². The minimum Gasteiger partial charge on any atom is -0.451 e. The molecule has 0 fully saturated rings. The van der Waals surface area contributed by atoms with Crippen LogP contribution in [0.1, 0.15) is 16.8 Å². The van der Waals surface area contributed by atoms with Gasteiger partial charge in [0.25, 0.3) is 11.8 Å². The van der Waals surface area contributed by atoms with Crippen molar-refractivity contribution in [1.82, 2.24) is 16.2 Å². The van der Waals surface area contributed by atoms with Gasteiger partial charge in [-0.05, 0) is 18.2 Å². The molecule has 22 heavy (non-hydrogen) atoms. The molecule has 1 heterocycles. The Morgan fingerprint density at radius 3 is 2.50 bits per heavy atom. The molecule has 1 aliphatic heterocycles. The predicted octanol–water partition coefficient (Wildman–Crippen LogP) is -0.605. The molecule has 0 saturated heterocycles. The van der Waals surface area contributed by atoms with Crippen LogP contribution in [0.5, 0.6) is 0 Å². The smallest absolute Gasteiger partial charge is 0.356 e. The number of ether oxygens (including phenoxy) is 1. The number of hydrogen-bond acceptors (Lipinski definition) is 6. The zero-order valence-corrected chi connectivity index (χ0v) is 11.4. The fourth-order valence-electron chi connectivity index (χ4n) is 1.60. The Bertz CT molecular complexity index is 639. The first-order valence-electron chi connectivity index (χ1n) is 6.37. The van der Waals surface area contributed by atoms with E-state index in [4.69, 9.17) is 4.74 Å². The second kappa shape index (κ2) is 7.02. The van der Waals surface area contributed by atoms with Crippen molar-refractivity contribution in [3.63, 3.8) is 0 Å². The van der Waals surface area contributed by atoms with E-state index < -0.39 is 24.4 Å². The summed E-state index contributed by atoms with van der Waals surface area (Å²) in [5.41, 5.74) is 4.94. The van der Waals surface area contributed by atoms with E-state index in [2.05, 4.69) is 16.2 Å².